The Kier molecular flexibility index (Phi) is 3.90. The highest BCUT2D eigenvalue weighted by molar-refractivity contribution is 7.71. The summed E-state index contributed by atoms with van der Waals surface area (Å²) in [6.45, 7) is 0. The molecule has 2 N–H and O–H groups in total. The van der Waals surface area contributed by atoms with Crippen LogP contribution in [-0.2, 0) is 4.74 Å². The minimum absolute atomic E-state index is 0.0260. The van der Waals surface area contributed by atoms with E-state index in [0.717, 1.165) is 0 Å². The van der Waals surface area contributed by atoms with Crippen molar-refractivity contribution < 1.29 is 14.6 Å². The molecule has 0 saturated heterocycles. The largest absolute Gasteiger partial charge is 0.494 e. The Bertz CT molecular complexity index is 1170. The highest BCUT2D eigenvalue weighted by atomic mass is 35.5. The molecule has 1 aliphatic rings. The number of cyclic esters (lactones) is 1. The molecular weight excluding hydrogens is 376 g/mol. The van der Waals surface area contributed by atoms with E-state index in [0.29, 0.717) is 21.8 Å². The zero-order chi connectivity index (χ0) is 18.4. The maximum Gasteiger partial charge on any atom is 0.339 e. The zero-order valence-corrected chi connectivity index (χ0v) is 14.7. The number of nitrogens with one attached hydrogen (secondary N) is 1. The average molecular weight is 387 g/mol. The number of esters is 1. The number of H-pyrrole nitrogens is 1. The van der Waals surface area contributed by atoms with Crippen molar-refractivity contribution in [2.24, 2.45) is 0 Å². The van der Waals surface area contributed by atoms with E-state index in [2.05, 4.69) is 4.98 Å². The average Bonchev–Trinajstić information content (AvgIpc) is 2.93. The summed E-state index contributed by atoms with van der Waals surface area (Å²) in [6.07, 6.45) is -1.04. The standard InChI is InChI=1S/C18H11ClN2O4S/c19-11-7-3-4-8-12(11)21-16(23)13(15(22)20-18(21)26)14-9-5-1-2-6-10(9)17(24)25-14/h1-8,14,23H,(H,20,22,26)/t14-/m1/s1. The number of aromatic nitrogens is 2. The number of aromatic hydroxyl groups is 1. The molecule has 1 atom stereocenters. The van der Waals surface area contributed by atoms with Gasteiger partial charge in [0.1, 0.15) is 5.56 Å². The number of benzene rings is 2. The number of aromatic amines is 1. The lowest BCUT2D eigenvalue weighted by Crippen LogP contribution is -2.22. The smallest absolute Gasteiger partial charge is 0.339 e. The van der Waals surface area contributed by atoms with E-state index in [1.165, 1.54) is 4.57 Å². The van der Waals surface area contributed by atoms with Crippen molar-refractivity contribution in [3.63, 3.8) is 0 Å². The number of nitrogens with zero attached hydrogens (tertiary/aromatic N) is 1. The van der Waals surface area contributed by atoms with Gasteiger partial charge in [-0.05, 0) is 30.4 Å². The number of carbonyl (C=O) groups excluding carboxylic acids is 1. The normalized spacial score (nSPS) is 15.6. The van der Waals surface area contributed by atoms with Crippen LogP contribution in [0.15, 0.2) is 53.3 Å². The first-order valence-electron chi connectivity index (χ1n) is 7.62. The molecule has 8 heteroatoms. The molecular formula is C18H11ClN2O4S. The minimum atomic E-state index is -1.04. The predicted octanol–water partition coefficient (Wildman–Crippen LogP) is 3.51. The number of fused-ring (bicyclic) bond motifs is 1. The zero-order valence-electron chi connectivity index (χ0n) is 13.1. The van der Waals surface area contributed by atoms with Gasteiger partial charge in [0.25, 0.3) is 5.56 Å². The van der Waals surface area contributed by atoms with E-state index in [1.807, 2.05) is 0 Å². The van der Waals surface area contributed by atoms with Gasteiger partial charge in [0, 0.05) is 5.56 Å². The summed E-state index contributed by atoms with van der Waals surface area (Å²) in [7, 11) is 0. The lowest BCUT2D eigenvalue weighted by atomic mass is 10.0. The monoisotopic (exact) mass is 386 g/mol. The second-order valence-electron chi connectivity index (χ2n) is 5.66. The number of hydrogen-bond acceptors (Lipinski definition) is 5. The Balaban J connectivity index is 1.99. The molecule has 0 aliphatic carbocycles. The van der Waals surface area contributed by atoms with Crippen LogP contribution in [0, 0.1) is 4.77 Å². The molecule has 3 aromatic rings. The Morgan fingerprint density at radius 3 is 2.58 bits per heavy atom. The van der Waals surface area contributed by atoms with Crippen LogP contribution in [0.1, 0.15) is 27.6 Å². The minimum Gasteiger partial charge on any atom is -0.494 e. The summed E-state index contributed by atoms with van der Waals surface area (Å²) in [6, 6.07) is 13.4. The summed E-state index contributed by atoms with van der Waals surface area (Å²) in [4.78, 5) is 27.1. The first kappa shape index (κ1) is 16.6. The van der Waals surface area contributed by atoms with E-state index < -0.39 is 23.5 Å². The summed E-state index contributed by atoms with van der Waals surface area (Å²) in [5, 5.41) is 11.2. The number of carbonyl (C=O) groups is 1. The molecule has 2 aromatic carbocycles. The third-order valence-corrected chi connectivity index (χ3v) is 4.77. The van der Waals surface area contributed by atoms with Gasteiger partial charge in [0.2, 0.25) is 5.88 Å². The second-order valence-corrected chi connectivity index (χ2v) is 6.45. The maximum atomic E-state index is 12.5. The first-order chi connectivity index (χ1) is 12.5. The van der Waals surface area contributed by atoms with Crippen LogP contribution in [0.4, 0.5) is 0 Å². The molecule has 0 fully saturated rings. The molecule has 0 amide bonds. The Hall–Kier alpha value is -2.90. The molecule has 0 spiro atoms. The molecule has 130 valence electrons. The van der Waals surface area contributed by atoms with Gasteiger partial charge in [0.05, 0.1) is 16.3 Å². The van der Waals surface area contributed by atoms with Crippen molar-refractivity contribution in [2.75, 3.05) is 0 Å². The van der Waals surface area contributed by atoms with E-state index in [9.17, 15) is 14.7 Å². The van der Waals surface area contributed by atoms with Crippen molar-refractivity contribution in [3.8, 4) is 11.6 Å². The SMILES string of the molecule is O=C1O[C@@H](c2c(O)n(-c3ccccc3Cl)c(=S)[nH]c2=O)c2ccccc21. The fourth-order valence-electron chi connectivity index (χ4n) is 2.99. The first-order valence-corrected chi connectivity index (χ1v) is 8.40. The summed E-state index contributed by atoms with van der Waals surface area (Å²) in [5.74, 6) is -0.988. The third kappa shape index (κ3) is 2.44. The number of rotatable bonds is 2. The lowest BCUT2D eigenvalue weighted by molar-refractivity contribution is 0.0449. The maximum absolute atomic E-state index is 12.5. The van der Waals surface area contributed by atoms with Crippen molar-refractivity contribution in [1.29, 1.82) is 0 Å². The van der Waals surface area contributed by atoms with Crippen LogP contribution in [-0.4, -0.2) is 20.6 Å². The summed E-state index contributed by atoms with van der Waals surface area (Å²) in [5.41, 5.74) is 0.498. The highest BCUT2D eigenvalue weighted by Gasteiger charge is 2.36. The lowest BCUT2D eigenvalue weighted by Gasteiger charge is -2.17. The third-order valence-electron chi connectivity index (χ3n) is 4.16. The van der Waals surface area contributed by atoms with E-state index in [-0.39, 0.29) is 10.3 Å². The van der Waals surface area contributed by atoms with Crippen molar-refractivity contribution in [3.05, 3.63) is 85.4 Å². The molecule has 0 unspecified atom stereocenters. The van der Waals surface area contributed by atoms with Crippen LogP contribution >= 0.6 is 23.8 Å². The number of ether oxygens (including phenoxy) is 1. The van der Waals surface area contributed by atoms with Crippen molar-refractivity contribution in [1.82, 2.24) is 9.55 Å². The summed E-state index contributed by atoms with van der Waals surface area (Å²) >= 11 is 11.4. The molecule has 0 radical (unpaired) electrons. The van der Waals surface area contributed by atoms with Gasteiger partial charge in [-0.25, -0.2) is 4.79 Å². The van der Waals surface area contributed by atoms with Gasteiger partial charge in [-0.3, -0.25) is 14.3 Å². The quantitative estimate of drug-likeness (QED) is 0.520. The van der Waals surface area contributed by atoms with Crippen LogP contribution in [0.3, 0.4) is 0 Å². The Labute approximate surface area is 157 Å². The van der Waals surface area contributed by atoms with Crippen LogP contribution in [0.5, 0.6) is 5.88 Å². The van der Waals surface area contributed by atoms with E-state index in [1.54, 1.807) is 48.5 Å². The van der Waals surface area contributed by atoms with Crippen LogP contribution in [0.25, 0.3) is 5.69 Å². The van der Waals surface area contributed by atoms with Crippen LogP contribution < -0.4 is 5.56 Å². The number of halogens is 1. The van der Waals surface area contributed by atoms with Crippen molar-refractivity contribution in [2.45, 2.75) is 6.10 Å². The molecule has 4 rings (SSSR count). The van der Waals surface area contributed by atoms with Gasteiger partial charge in [-0.2, -0.15) is 0 Å². The molecule has 0 bridgehead atoms. The predicted molar refractivity (Wildman–Crippen MR) is 97.6 cm³/mol. The van der Waals surface area contributed by atoms with Gasteiger partial charge in [-0.1, -0.05) is 41.9 Å². The van der Waals surface area contributed by atoms with E-state index >= 15 is 0 Å². The molecule has 1 aromatic heterocycles. The second kappa shape index (κ2) is 6.12. The number of para-hydroxylation sites is 1. The fraction of sp³-hybridized carbons (Fsp3) is 0.0556. The Morgan fingerprint density at radius 2 is 1.81 bits per heavy atom. The van der Waals surface area contributed by atoms with Crippen molar-refractivity contribution >= 4 is 29.8 Å². The molecule has 1 aliphatic heterocycles. The van der Waals surface area contributed by atoms with Gasteiger partial charge in [-0.15, -0.1) is 0 Å². The van der Waals surface area contributed by atoms with Crippen LogP contribution in [0.2, 0.25) is 5.02 Å². The molecule has 0 saturated carbocycles. The topological polar surface area (TPSA) is 84.3 Å². The number of hydrogen-bond donors (Lipinski definition) is 2. The molecule has 2 heterocycles. The Morgan fingerprint density at radius 1 is 1.12 bits per heavy atom. The molecule has 6 nitrogen and oxygen atoms in total. The van der Waals surface area contributed by atoms with Gasteiger partial charge >= 0.3 is 5.97 Å². The van der Waals surface area contributed by atoms with Gasteiger partial charge in [0.15, 0.2) is 10.9 Å². The summed E-state index contributed by atoms with van der Waals surface area (Å²) < 4.78 is 6.55. The van der Waals surface area contributed by atoms with Gasteiger partial charge < -0.3 is 9.84 Å². The van der Waals surface area contributed by atoms with E-state index in [4.69, 9.17) is 28.6 Å². The molecule has 26 heavy (non-hydrogen) atoms. The fourth-order valence-corrected chi connectivity index (χ4v) is 3.49. The highest BCUT2D eigenvalue weighted by Crippen LogP contribution is 2.38.